The van der Waals surface area contributed by atoms with Crippen LogP contribution in [0.25, 0.3) is 0 Å². The fraction of sp³-hybridized carbons (Fsp3) is 0.591. The van der Waals surface area contributed by atoms with Gasteiger partial charge in [0.15, 0.2) is 0 Å². The van der Waals surface area contributed by atoms with Gasteiger partial charge in [-0.3, -0.25) is 4.79 Å². The van der Waals surface area contributed by atoms with Crippen LogP contribution < -0.4 is 5.32 Å². The molecule has 0 spiro atoms. The maximum Gasteiger partial charge on any atom is 0.337 e. The van der Waals surface area contributed by atoms with Crippen LogP contribution in [0.3, 0.4) is 0 Å². The standard InChI is InChI=1S/C22H31N3O7S/c1-15-6-9-24(10-7-15)33(29,30)25-8-4-5-16(14-25)20(26)23-19-12-17(21(27)31-2)11-18(13-19)22(28)32-3/h11-13,15-16H,4-10,14H2,1-3H3,(H,23,26). The molecule has 1 N–H and O–H groups in total. The fourth-order valence-electron chi connectivity index (χ4n) is 4.16. The monoisotopic (exact) mass is 481 g/mol. The Morgan fingerprint density at radius 3 is 2.03 bits per heavy atom. The highest BCUT2D eigenvalue weighted by atomic mass is 32.2. The summed E-state index contributed by atoms with van der Waals surface area (Å²) in [4.78, 5) is 36.9. The van der Waals surface area contributed by atoms with E-state index in [9.17, 15) is 22.8 Å². The van der Waals surface area contributed by atoms with E-state index in [0.717, 1.165) is 12.8 Å². The normalized spacial score (nSPS) is 20.8. The predicted molar refractivity (Wildman–Crippen MR) is 121 cm³/mol. The van der Waals surface area contributed by atoms with E-state index >= 15 is 0 Å². The van der Waals surface area contributed by atoms with Gasteiger partial charge < -0.3 is 14.8 Å². The molecule has 0 bridgehead atoms. The van der Waals surface area contributed by atoms with Gasteiger partial charge in [-0.25, -0.2) is 9.59 Å². The second-order valence-corrected chi connectivity index (χ2v) is 10.5. The van der Waals surface area contributed by atoms with Crippen molar-refractivity contribution in [3.05, 3.63) is 29.3 Å². The highest BCUT2D eigenvalue weighted by molar-refractivity contribution is 7.86. The number of nitrogens with zero attached hydrogens (tertiary/aromatic N) is 2. The van der Waals surface area contributed by atoms with Crippen LogP contribution in [0.2, 0.25) is 0 Å². The summed E-state index contributed by atoms with van der Waals surface area (Å²) in [5, 5.41) is 2.72. The number of nitrogens with one attached hydrogen (secondary N) is 1. The van der Waals surface area contributed by atoms with E-state index < -0.39 is 28.1 Å². The van der Waals surface area contributed by atoms with E-state index in [-0.39, 0.29) is 29.3 Å². The number of hydrogen-bond donors (Lipinski definition) is 1. The van der Waals surface area contributed by atoms with E-state index in [4.69, 9.17) is 9.47 Å². The molecule has 2 saturated heterocycles. The minimum absolute atomic E-state index is 0.0841. The van der Waals surface area contributed by atoms with Gasteiger partial charge in [0.25, 0.3) is 10.2 Å². The Kier molecular flexibility index (Phi) is 8.09. The summed E-state index contributed by atoms with van der Waals surface area (Å²) in [6, 6.07) is 4.13. The van der Waals surface area contributed by atoms with Gasteiger partial charge in [-0.05, 0) is 49.8 Å². The molecule has 10 nitrogen and oxygen atoms in total. The highest BCUT2D eigenvalue weighted by Crippen LogP contribution is 2.26. The lowest BCUT2D eigenvalue weighted by molar-refractivity contribution is -0.120. The topological polar surface area (TPSA) is 122 Å². The van der Waals surface area contributed by atoms with Crippen molar-refractivity contribution in [2.45, 2.75) is 32.6 Å². The molecular formula is C22H31N3O7S. The first kappa shape index (κ1) is 25.1. The Morgan fingerprint density at radius 2 is 1.48 bits per heavy atom. The SMILES string of the molecule is COC(=O)c1cc(NC(=O)C2CCCN(S(=O)(=O)N3CCC(C)CC3)C2)cc(C(=O)OC)c1. The van der Waals surface area contributed by atoms with Crippen LogP contribution in [0.15, 0.2) is 18.2 Å². The Morgan fingerprint density at radius 1 is 0.909 bits per heavy atom. The number of esters is 2. The molecule has 11 heteroatoms. The third-order valence-corrected chi connectivity index (χ3v) is 8.19. The summed E-state index contributed by atoms with van der Waals surface area (Å²) >= 11 is 0. The summed E-state index contributed by atoms with van der Waals surface area (Å²) in [6.07, 6.45) is 2.76. The zero-order valence-electron chi connectivity index (χ0n) is 19.2. The van der Waals surface area contributed by atoms with Crippen LogP contribution in [0.5, 0.6) is 0 Å². The van der Waals surface area contributed by atoms with Gasteiger partial charge in [0, 0.05) is 31.9 Å². The number of amides is 1. The highest BCUT2D eigenvalue weighted by Gasteiger charge is 2.37. The first-order valence-electron chi connectivity index (χ1n) is 11.0. The molecule has 0 aliphatic carbocycles. The van der Waals surface area contributed by atoms with Gasteiger partial charge in [0.2, 0.25) is 5.91 Å². The number of piperidine rings is 2. The fourth-order valence-corrected chi connectivity index (χ4v) is 5.89. The Bertz CT molecular complexity index is 969. The Labute approximate surface area is 194 Å². The summed E-state index contributed by atoms with van der Waals surface area (Å²) in [6.45, 7) is 3.57. The molecule has 1 amide bonds. The van der Waals surface area contributed by atoms with Crippen molar-refractivity contribution in [3.63, 3.8) is 0 Å². The number of anilines is 1. The molecule has 33 heavy (non-hydrogen) atoms. The van der Waals surface area contributed by atoms with Gasteiger partial charge in [-0.2, -0.15) is 17.0 Å². The second-order valence-electron chi connectivity index (χ2n) is 8.56. The van der Waals surface area contributed by atoms with Crippen LogP contribution in [-0.4, -0.2) is 75.3 Å². The third kappa shape index (κ3) is 5.90. The predicted octanol–water partition coefficient (Wildman–Crippen LogP) is 1.89. The van der Waals surface area contributed by atoms with Crippen molar-refractivity contribution in [2.24, 2.45) is 11.8 Å². The molecule has 182 valence electrons. The minimum Gasteiger partial charge on any atom is -0.465 e. The molecule has 2 aliphatic rings. The molecule has 2 heterocycles. The number of rotatable bonds is 6. The van der Waals surface area contributed by atoms with E-state index in [0.29, 0.717) is 38.4 Å². The van der Waals surface area contributed by atoms with E-state index in [1.165, 1.54) is 41.0 Å². The minimum atomic E-state index is -3.63. The third-order valence-electron chi connectivity index (χ3n) is 6.19. The molecule has 1 aromatic rings. The van der Waals surface area contributed by atoms with E-state index in [1.54, 1.807) is 0 Å². The number of methoxy groups -OCH3 is 2. The van der Waals surface area contributed by atoms with E-state index in [2.05, 4.69) is 12.2 Å². The van der Waals surface area contributed by atoms with Gasteiger partial charge >= 0.3 is 11.9 Å². The van der Waals surface area contributed by atoms with Gasteiger partial charge in [-0.15, -0.1) is 0 Å². The molecule has 1 atom stereocenters. The molecule has 0 aromatic heterocycles. The van der Waals surface area contributed by atoms with Crippen molar-refractivity contribution in [1.29, 1.82) is 0 Å². The molecule has 2 fully saturated rings. The van der Waals surface area contributed by atoms with Crippen LogP contribution in [0.1, 0.15) is 53.3 Å². The summed E-state index contributed by atoms with van der Waals surface area (Å²) in [5.74, 6) is -1.75. The van der Waals surface area contributed by atoms with Gasteiger partial charge in [0.05, 0.1) is 31.3 Å². The average molecular weight is 482 g/mol. The van der Waals surface area contributed by atoms with Gasteiger partial charge in [-0.1, -0.05) is 6.92 Å². The van der Waals surface area contributed by atoms with E-state index in [1.807, 2.05) is 0 Å². The van der Waals surface area contributed by atoms with Gasteiger partial charge in [0.1, 0.15) is 0 Å². The van der Waals surface area contributed by atoms with Crippen LogP contribution in [-0.2, 0) is 24.5 Å². The number of benzene rings is 1. The zero-order valence-corrected chi connectivity index (χ0v) is 20.0. The van der Waals surface area contributed by atoms with Crippen molar-refractivity contribution in [1.82, 2.24) is 8.61 Å². The van der Waals surface area contributed by atoms with Crippen LogP contribution >= 0.6 is 0 Å². The first-order chi connectivity index (χ1) is 15.6. The first-order valence-corrected chi connectivity index (χ1v) is 12.4. The maximum atomic E-state index is 13.1. The zero-order chi connectivity index (χ0) is 24.2. The second kappa shape index (κ2) is 10.6. The lowest BCUT2D eigenvalue weighted by Crippen LogP contribution is -2.51. The number of carbonyl (C=O) groups is 3. The summed E-state index contributed by atoms with van der Waals surface area (Å²) in [7, 11) is -1.20. The van der Waals surface area contributed by atoms with Crippen molar-refractivity contribution < 1.29 is 32.3 Å². The smallest absolute Gasteiger partial charge is 0.337 e. The number of ether oxygens (including phenoxy) is 2. The summed E-state index contributed by atoms with van der Waals surface area (Å²) in [5.41, 5.74) is 0.402. The number of carbonyl (C=O) groups excluding carboxylic acids is 3. The Balaban J connectivity index is 1.73. The average Bonchev–Trinajstić information content (AvgIpc) is 2.83. The number of hydrogen-bond acceptors (Lipinski definition) is 7. The Hall–Kier alpha value is -2.50. The molecule has 0 saturated carbocycles. The molecule has 2 aliphatic heterocycles. The molecule has 3 rings (SSSR count). The molecular weight excluding hydrogens is 450 g/mol. The van der Waals surface area contributed by atoms with Crippen molar-refractivity contribution >= 4 is 33.7 Å². The van der Waals surface area contributed by atoms with Crippen LogP contribution in [0.4, 0.5) is 5.69 Å². The largest absolute Gasteiger partial charge is 0.465 e. The maximum absolute atomic E-state index is 13.1. The van der Waals surface area contributed by atoms with Crippen LogP contribution in [0, 0.1) is 11.8 Å². The quantitative estimate of drug-likeness (QED) is 0.616. The summed E-state index contributed by atoms with van der Waals surface area (Å²) < 4.78 is 38.5. The lowest BCUT2D eigenvalue weighted by Gasteiger charge is -2.37. The molecule has 1 unspecified atom stereocenters. The lowest BCUT2D eigenvalue weighted by atomic mass is 9.98. The van der Waals surface area contributed by atoms with Crippen molar-refractivity contribution in [2.75, 3.05) is 45.7 Å². The molecule has 0 radical (unpaired) electrons. The molecule has 1 aromatic carbocycles. The van der Waals surface area contributed by atoms with Crippen molar-refractivity contribution in [3.8, 4) is 0 Å².